The van der Waals surface area contributed by atoms with Crippen LogP contribution in [0.25, 0.3) is 11.0 Å². The lowest BCUT2D eigenvalue weighted by Crippen LogP contribution is -2.51. The van der Waals surface area contributed by atoms with Crippen LogP contribution in [0.2, 0.25) is 0 Å². The number of amides is 2. The van der Waals surface area contributed by atoms with Gasteiger partial charge in [-0.25, -0.2) is 4.79 Å². The minimum absolute atomic E-state index is 0.0635. The van der Waals surface area contributed by atoms with Crippen LogP contribution in [-0.4, -0.2) is 72.9 Å². The summed E-state index contributed by atoms with van der Waals surface area (Å²) in [7, 11) is 4.71. The third-order valence-corrected chi connectivity index (χ3v) is 6.12. The Hall–Kier alpha value is -3.53. The number of methoxy groups -OCH3 is 1. The molecule has 0 radical (unpaired) electrons. The molecule has 1 fully saturated rings. The molecule has 2 aliphatic heterocycles. The summed E-state index contributed by atoms with van der Waals surface area (Å²) in [6, 6.07) is 6.98. The molecule has 2 unspecified atom stereocenters. The molecule has 2 N–H and O–H groups in total. The molecule has 0 bridgehead atoms. The molecule has 0 spiro atoms. The topological polar surface area (TPSA) is 107 Å². The summed E-state index contributed by atoms with van der Waals surface area (Å²) < 4.78 is 10.7. The second-order valence-corrected chi connectivity index (χ2v) is 8.48. The van der Waals surface area contributed by atoms with E-state index in [-0.39, 0.29) is 35.9 Å². The number of fused-ring (bicyclic) bond motifs is 1. The van der Waals surface area contributed by atoms with Gasteiger partial charge in [0.1, 0.15) is 11.6 Å². The van der Waals surface area contributed by atoms with E-state index in [9.17, 15) is 14.4 Å². The third kappa shape index (κ3) is 4.80. The first-order valence-electron chi connectivity index (χ1n) is 10.9. The van der Waals surface area contributed by atoms with Gasteiger partial charge in [0.05, 0.1) is 7.11 Å². The molecule has 0 aliphatic carbocycles. The lowest BCUT2D eigenvalue weighted by molar-refractivity contribution is -0.155. The molecule has 33 heavy (non-hydrogen) atoms. The summed E-state index contributed by atoms with van der Waals surface area (Å²) in [4.78, 5) is 40.8. The van der Waals surface area contributed by atoms with Gasteiger partial charge >= 0.3 is 5.97 Å². The Kier molecular flexibility index (Phi) is 6.55. The molecule has 0 saturated carbocycles. The van der Waals surface area contributed by atoms with Crippen molar-refractivity contribution >= 4 is 28.8 Å². The smallest absolute Gasteiger partial charge is 0.328 e. The van der Waals surface area contributed by atoms with E-state index in [0.29, 0.717) is 25.1 Å². The number of benzene rings is 1. The number of esters is 1. The van der Waals surface area contributed by atoms with Crippen molar-refractivity contribution in [2.75, 3.05) is 34.3 Å². The van der Waals surface area contributed by atoms with Gasteiger partial charge in [-0.15, -0.1) is 5.53 Å². The molecular formula is C23H29N5O5. The number of likely N-dealkylation sites (tertiary alicyclic amines) is 1. The number of piperidine rings is 1. The van der Waals surface area contributed by atoms with Crippen LogP contribution in [0.5, 0.6) is 0 Å². The fraction of sp³-hybridized carbons (Fsp3) is 0.435. The molecule has 1 saturated heterocycles. The number of carbonyl (C=O) groups excluding carboxylic acids is 3. The Balaban J connectivity index is 1.52. The van der Waals surface area contributed by atoms with Gasteiger partial charge in [-0.2, -0.15) is 0 Å². The van der Waals surface area contributed by atoms with Gasteiger partial charge in [-0.3, -0.25) is 14.6 Å². The van der Waals surface area contributed by atoms with Crippen LogP contribution in [0.1, 0.15) is 41.3 Å². The Morgan fingerprint density at radius 2 is 2.03 bits per heavy atom. The molecule has 176 valence electrons. The molecule has 10 nitrogen and oxygen atoms in total. The molecule has 10 heteroatoms. The van der Waals surface area contributed by atoms with Crippen LogP contribution in [0.15, 0.2) is 41.1 Å². The Labute approximate surface area is 192 Å². The Morgan fingerprint density at radius 1 is 1.21 bits per heavy atom. The summed E-state index contributed by atoms with van der Waals surface area (Å²) in [5, 5.41) is 2.61. The van der Waals surface area contributed by atoms with E-state index in [1.807, 2.05) is 18.2 Å². The van der Waals surface area contributed by atoms with E-state index in [0.717, 1.165) is 17.4 Å². The van der Waals surface area contributed by atoms with Crippen molar-refractivity contribution in [3.63, 3.8) is 0 Å². The van der Waals surface area contributed by atoms with E-state index < -0.39 is 6.04 Å². The van der Waals surface area contributed by atoms with Gasteiger partial charge < -0.3 is 24.4 Å². The highest BCUT2D eigenvalue weighted by Crippen LogP contribution is 2.33. The summed E-state index contributed by atoms with van der Waals surface area (Å²) in [5.74, 6) is -0.327. The van der Waals surface area contributed by atoms with Crippen LogP contribution >= 0.6 is 0 Å². The number of carbonyl (C=O) groups is 3. The van der Waals surface area contributed by atoms with Crippen LogP contribution in [-0.2, 0) is 14.3 Å². The average Bonchev–Trinajstić information content (AvgIpc) is 3.50. The van der Waals surface area contributed by atoms with Crippen molar-refractivity contribution in [1.82, 2.24) is 25.8 Å². The van der Waals surface area contributed by atoms with Crippen LogP contribution in [0.3, 0.4) is 0 Å². The van der Waals surface area contributed by atoms with E-state index >= 15 is 0 Å². The fourth-order valence-electron chi connectivity index (χ4n) is 4.32. The number of hydrogen-bond acceptors (Lipinski definition) is 8. The number of furan rings is 1. The molecule has 2 amide bonds. The van der Waals surface area contributed by atoms with Gasteiger partial charge in [0.15, 0.2) is 5.76 Å². The second-order valence-electron chi connectivity index (χ2n) is 8.48. The molecule has 2 atom stereocenters. The van der Waals surface area contributed by atoms with E-state index in [2.05, 4.69) is 11.0 Å². The van der Waals surface area contributed by atoms with E-state index in [4.69, 9.17) is 9.15 Å². The molecule has 1 aromatic heterocycles. The quantitative estimate of drug-likeness (QED) is 0.632. The normalized spacial score (nSPS) is 20.1. The van der Waals surface area contributed by atoms with Gasteiger partial charge in [-0.05, 0) is 36.6 Å². The SMILES string of the molecule is COC(=O)C1CCC(c2ccc3oc(C(=O)N(C)C)cc3c2)CN1C(=O)CCN1C=CNN1. The van der Waals surface area contributed by atoms with Crippen molar-refractivity contribution < 1.29 is 23.5 Å². The molecule has 3 heterocycles. The lowest BCUT2D eigenvalue weighted by atomic mass is 9.86. The largest absolute Gasteiger partial charge is 0.467 e. The van der Waals surface area contributed by atoms with Gasteiger partial charge in [0.2, 0.25) is 5.91 Å². The van der Waals surface area contributed by atoms with Crippen LogP contribution in [0, 0.1) is 0 Å². The predicted molar refractivity (Wildman–Crippen MR) is 120 cm³/mol. The Morgan fingerprint density at radius 3 is 2.73 bits per heavy atom. The summed E-state index contributed by atoms with van der Waals surface area (Å²) in [6.45, 7) is 0.897. The predicted octanol–water partition coefficient (Wildman–Crippen LogP) is 1.57. The van der Waals surface area contributed by atoms with Gasteiger partial charge in [-0.1, -0.05) is 6.07 Å². The molecule has 2 aliphatic rings. The van der Waals surface area contributed by atoms with Crippen LogP contribution < -0.4 is 11.0 Å². The van der Waals surface area contributed by atoms with Crippen LogP contribution in [0.4, 0.5) is 0 Å². The number of nitrogens with one attached hydrogen (secondary N) is 2. The highest BCUT2D eigenvalue weighted by Gasteiger charge is 2.37. The average molecular weight is 456 g/mol. The standard InChI is InChI=1S/C23H29N5O5/c1-26(2)22(30)20-13-17-12-15(5-7-19(17)33-20)16-4-6-18(23(31)32-3)28(14-16)21(29)8-10-27-11-9-24-25-27/h5,7,9,11-13,16,18,24-25H,4,6,8,10,14H2,1-3H3. The van der Waals surface area contributed by atoms with Crippen molar-refractivity contribution in [2.45, 2.75) is 31.2 Å². The van der Waals surface area contributed by atoms with E-state index in [1.54, 1.807) is 42.5 Å². The lowest BCUT2D eigenvalue weighted by Gasteiger charge is -2.38. The minimum Gasteiger partial charge on any atom is -0.467 e. The zero-order valence-electron chi connectivity index (χ0n) is 19.0. The monoisotopic (exact) mass is 455 g/mol. The molecule has 1 aromatic carbocycles. The van der Waals surface area contributed by atoms with Crippen molar-refractivity contribution in [3.8, 4) is 0 Å². The Bertz CT molecular complexity index is 1080. The maximum Gasteiger partial charge on any atom is 0.328 e. The molecular weight excluding hydrogens is 426 g/mol. The number of rotatable bonds is 6. The highest BCUT2D eigenvalue weighted by molar-refractivity contribution is 5.96. The van der Waals surface area contributed by atoms with Gasteiger partial charge in [0, 0.05) is 57.3 Å². The highest BCUT2D eigenvalue weighted by atomic mass is 16.5. The second kappa shape index (κ2) is 9.53. The van der Waals surface area contributed by atoms with Gasteiger partial charge in [0.25, 0.3) is 5.91 Å². The zero-order chi connectivity index (χ0) is 23.5. The number of hydrazine groups is 2. The van der Waals surface area contributed by atoms with Crippen molar-refractivity contribution in [3.05, 3.63) is 48.0 Å². The maximum absolute atomic E-state index is 13.1. The first-order chi connectivity index (χ1) is 15.9. The van der Waals surface area contributed by atoms with E-state index in [1.165, 1.54) is 12.0 Å². The first kappa shape index (κ1) is 22.7. The molecule has 4 rings (SSSR count). The fourth-order valence-corrected chi connectivity index (χ4v) is 4.32. The summed E-state index contributed by atoms with van der Waals surface area (Å²) in [5.41, 5.74) is 7.42. The number of hydrogen-bond donors (Lipinski definition) is 2. The number of nitrogens with zero attached hydrogens (tertiary/aromatic N) is 3. The van der Waals surface area contributed by atoms with Crippen molar-refractivity contribution in [2.24, 2.45) is 0 Å². The molecule has 2 aromatic rings. The van der Waals surface area contributed by atoms with Crippen molar-refractivity contribution in [1.29, 1.82) is 0 Å². The summed E-state index contributed by atoms with van der Waals surface area (Å²) >= 11 is 0. The number of ether oxygens (including phenoxy) is 1. The minimum atomic E-state index is -0.582. The first-order valence-corrected chi connectivity index (χ1v) is 10.9. The zero-order valence-corrected chi connectivity index (χ0v) is 19.0. The third-order valence-electron chi connectivity index (χ3n) is 6.12. The maximum atomic E-state index is 13.1. The summed E-state index contributed by atoms with van der Waals surface area (Å²) in [6.07, 6.45) is 5.08.